The maximum Gasteiger partial charge on any atom is 0.0335 e. The highest BCUT2D eigenvalue weighted by Crippen LogP contribution is 2.37. The lowest BCUT2D eigenvalue weighted by atomic mass is 9.78. The number of nitrogens with two attached hydrogens (primary N) is 1. The molecule has 2 aliphatic heterocycles. The second-order valence-electron chi connectivity index (χ2n) is 7.14. The summed E-state index contributed by atoms with van der Waals surface area (Å²) in [5.41, 5.74) is 6.58. The van der Waals surface area contributed by atoms with Crippen LogP contribution in [0.4, 0.5) is 0 Å². The summed E-state index contributed by atoms with van der Waals surface area (Å²) in [6.45, 7) is 7.17. The molecule has 3 heteroatoms. The van der Waals surface area contributed by atoms with Crippen molar-refractivity contribution in [3.63, 3.8) is 0 Å². The van der Waals surface area contributed by atoms with Crippen LogP contribution in [-0.4, -0.2) is 53.6 Å². The molecule has 1 saturated carbocycles. The van der Waals surface area contributed by atoms with E-state index in [9.17, 15) is 0 Å². The average molecular weight is 265 g/mol. The molecule has 0 bridgehead atoms. The Hall–Kier alpha value is -0.120. The Morgan fingerprint density at radius 1 is 1.05 bits per heavy atom. The van der Waals surface area contributed by atoms with Gasteiger partial charge in [0.25, 0.3) is 0 Å². The average Bonchev–Trinajstić information content (AvgIpc) is 2.47. The Balaban J connectivity index is 1.75. The van der Waals surface area contributed by atoms with E-state index >= 15 is 0 Å². The first kappa shape index (κ1) is 13.8. The molecule has 0 aromatic carbocycles. The third-order valence-electron chi connectivity index (χ3n) is 5.96. The van der Waals surface area contributed by atoms with Crippen LogP contribution in [0.5, 0.6) is 0 Å². The molecule has 3 aliphatic rings. The van der Waals surface area contributed by atoms with E-state index in [1.54, 1.807) is 0 Å². The molecule has 1 aliphatic carbocycles. The Labute approximate surface area is 118 Å². The number of nitrogens with zero attached hydrogens (tertiary/aromatic N) is 2. The quantitative estimate of drug-likeness (QED) is 0.831. The molecule has 2 saturated heterocycles. The van der Waals surface area contributed by atoms with Gasteiger partial charge < -0.3 is 5.73 Å². The highest BCUT2D eigenvalue weighted by Gasteiger charge is 2.44. The zero-order valence-corrected chi connectivity index (χ0v) is 12.6. The second-order valence-corrected chi connectivity index (χ2v) is 7.14. The molecule has 2 N–H and O–H groups in total. The lowest BCUT2D eigenvalue weighted by Crippen LogP contribution is -2.67. The van der Waals surface area contributed by atoms with Crippen LogP contribution in [0.15, 0.2) is 0 Å². The molecule has 3 nitrogen and oxygen atoms in total. The van der Waals surface area contributed by atoms with Crippen LogP contribution in [0.2, 0.25) is 0 Å². The minimum atomic E-state index is 0.335. The molecule has 0 aromatic heterocycles. The lowest BCUT2D eigenvalue weighted by molar-refractivity contribution is -0.0582. The lowest BCUT2D eigenvalue weighted by Gasteiger charge is -2.56. The minimum absolute atomic E-state index is 0.335. The van der Waals surface area contributed by atoms with Gasteiger partial charge in [-0.25, -0.2) is 0 Å². The SMILES string of the molecule is CC1CN2CCCCC2CN1C1(CN)CCCCC1. The number of hydrogen-bond donors (Lipinski definition) is 1. The summed E-state index contributed by atoms with van der Waals surface area (Å²) in [7, 11) is 0. The third kappa shape index (κ3) is 2.57. The normalized spacial score (nSPS) is 36.9. The fourth-order valence-electron chi connectivity index (χ4n) is 4.83. The van der Waals surface area contributed by atoms with Gasteiger partial charge in [-0.05, 0) is 39.2 Å². The molecule has 3 rings (SSSR count). The molecule has 2 heterocycles. The van der Waals surface area contributed by atoms with Crippen LogP contribution in [0.25, 0.3) is 0 Å². The summed E-state index contributed by atoms with van der Waals surface area (Å²) < 4.78 is 0. The van der Waals surface area contributed by atoms with E-state index in [2.05, 4.69) is 16.7 Å². The summed E-state index contributed by atoms with van der Waals surface area (Å²) in [5.74, 6) is 0. The van der Waals surface area contributed by atoms with E-state index < -0.39 is 0 Å². The second kappa shape index (κ2) is 5.71. The van der Waals surface area contributed by atoms with Gasteiger partial charge in [0.2, 0.25) is 0 Å². The summed E-state index contributed by atoms with van der Waals surface area (Å²) >= 11 is 0. The summed E-state index contributed by atoms with van der Waals surface area (Å²) in [6.07, 6.45) is 11.1. The number of piperazine rings is 1. The molecule has 0 radical (unpaired) electrons. The molecule has 0 spiro atoms. The van der Waals surface area contributed by atoms with E-state index in [1.807, 2.05) is 0 Å². The molecule has 110 valence electrons. The van der Waals surface area contributed by atoms with Crippen molar-refractivity contribution in [1.82, 2.24) is 9.80 Å². The van der Waals surface area contributed by atoms with Gasteiger partial charge in [-0.15, -0.1) is 0 Å². The fourth-order valence-corrected chi connectivity index (χ4v) is 4.83. The van der Waals surface area contributed by atoms with Gasteiger partial charge in [0.15, 0.2) is 0 Å². The van der Waals surface area contributed by atoms with Crippen LogP contribution in [0.1, 0.15) is 58.3 Å². The van der Waals surface area contributed by atoms with Crippen molar-refractivity contribution in [3.05, 3.63) is 0 Å². The standard InChI is InChI=1S/C16H31N3/c1-14-11-18-10-6-3-7-15(18)12-19(14)16(13-17)8-4-2-5-9-16/h14-15H,2-13,17H2,1H3. The molecular weight excluding hydrogens is 234 g/mol. The molecule has 0 aromatic rings. The molecule has 19 heavy (non-hydrogen) atoms. The largest absolute Gasteiger partial charge is 0.329 e. The van der Waals surface area contributed by atoms with Crippen LogP contribution in [-0.2, 0) is 0 Å². The van der Waals surface area contributed by atoms with Crippen molar-refractivity contribution in [2.45, 2.75) is 75.9 Å². The molecule has 2 atom stereocenters. The van der Waals surface area contributed by atoms with E-state index in [0.717, 1.165) is 12.6 Å². The summed E-state index contributed by atoms with van der Waals surface area (Å²) in [6, 6.07) is 1.51. The third-order valence-corrected chi connectivity index (χ3v) is 5.96. The van der Waals surface area contributed by atoms with Gasteiger partial charge in [0, 0.05) is 37.3 Å². The van der Waals surface area contributed by atoms with Crippen molar-refractivity contribution in [1.29, 1.82) is 0 Å². The number of hydrogen-bond acceptors (Lipinski definition) is 3. The number of piperidine rings is 1. The Morgan fingerprint density at radius 2 is 1.84 bits per heavy atom. The minimum Gasteiger partial charge on any atom is -0.329 e. The van der Waals surface area contributed by atoms with Crippen LogP contribution >= 0.6 is 0 Å². The maximum atomic E-state index is 6.24. The predicted octanol–water partition coefficient (Wildman–Crippen LogP) is 2.21. The van der Waals surface area contributed by atoms with E-state index in [4.69, 9.17) is 5.73 Å². The van der Waals surface area contributed by atoms with Gasteiger partial charge in [-0.1, -0.05) is 25.7 Å². The number of rotatable bonds is 2. The first-order valence-electron chi connectivity index (χ1n) is 8.46. The number of fused-ring (bicyclic) bond motifs is 1. The van der Waals surface area contributed by atoms with E-state index in [0.29, 0.717) is 11.6 Å². The topological polar surface area (TPSA) is 32.5 Å². The fraction of sp³-hybridized carbons (Fsp3) is 1.00. The Kier molecular flexibility index (Phi) is 4.16. The van der Waals surface area contributed by atoms with Crippen molar-refractivity contribution >= 4 is 0 Å². The van der Waals surface area contributed by atoms with Gasteiger partial charge >= 0.3 is 0 Å². The van der Waals surface area contributed by atoms with Crippen LogP contribution in [0.3, 0.4) is 0 Å². The molecular formula is C16H31N3. The van der Waals surface area contributed by atoms with Crippen LogP contribution in [0, 0.1) is 0 Å². The predicted molar refractivity (Wildman–Crippen MR) is 80.3 cm³/mol. The van der Waals surface area contributed by atoms with Gasteiger partial charge in [-0.2, -0.15) is 0 Å². The highest BCUT2D eigenvalue weighted by atomic mass is 15.3. The van der Waals surface area contributed by atoms with Crippen molar-refractivity contribution in [2.24, 2.45) is 5.73 Å². The van der Waals surface area contributed by atoms with Gasteiger partial charge in [0.1, 0.15) is 0 Å². The highest BCUT2D eigenvalue weighted by molar-refractivity contribution is 5.01. The summed E-state index contributed by atoms with van der Waals surface area (Å²) in [4.78, 5) is 5.57. The zero-order valence-electron chi connectivity index (χ0n) is 12.6. The first-order valence-corrected chi connectivity index (χ1v) is 8.46. The monoisotopic (exact) mass is 265 g/mol. The van der Waals surface area contributed by atoms with Gasteiger partial charge in [0.05, 0.1) is 0 Å². The molecule has 0 amide bonds. The van der Waals surface area contributed by atoms with E-state index in [-0.39, 0.29) is 0 Å². The smallest absolute Gasteiger partial charge is 0.0335 e. The Bertz CT molecular complexity index is 298. The van der Waals surface area contributed by atoms with Gasteiger partial charge in [-0.3, -0.25) is 9.80 Å². The van der Waals surface area contributed by atoms with Crippen molar-refractivity contribution in [2.75, 3.05) is 26.2 Å². The molecule has 2 unspecified atom stereocenters. The van der Waals surface area contributed by atoms with E-state index in [1.165, 1.54) is 71.0 Å². The first-order chi connectivity index (χ1) is 9.25. The maximum absolute atomic E-state index is 6.24. The van der Waals surface area contributed by atoms with Crippen LogP contribution < -0.4 is 5.73 Å². The Morgan fingerprint density at radius 3 is 2.58 bits per heavy atom. The zero-order chi connectivity index (χ0) is 13.3. The van der Waals surface area contributed by atoms with Crippen molar-refractivity contribution in [3.8, 4) is 0 Å². The molecule has 3 fully saturated rings. The van der Waals surface area contributed by atoms with Crippen molar-refractivity contribution < 1.29 is 0 Å². The summed E-state index contributed by atoms with van der Waals surface area (Å²) in [5, 5.41) is 0.